The third kappa shape index (κ3) is 2.77. The van der Waals surface area contributed by atoms with Gasteiger partial charge in [0, 0.05) is 25.1 Å². The molecule has 1 aliphatic carbocycles. The molecule has 1 saturated heterocycles. The maximum absolute atomic E-state index is 13.4. The van der Waals surface area contributed by atoms with E-state index in [1.807, 2.05) is 0 Å². The average Bonchev–Trinajstić information content (AvgIpc) is 2.80. The molecule has 5 heteroatoms. The third-order valence-electron chi connectivity index (χ3n) is 4.22. The van der Waals surface area contributed by atoms with Crippen LogP contribution in [0.25, 0.3) is 0 Å². The van der Waals surface area contributed by atoms with Crippen LogP contribution in [-0.4, -0.2) is 31.3 Å². The summed E-state index contributed by atoms with van der Waals surface area (Å²) < 4.78 is 18.9. The van der Waals surface area contributed by atoms with Crippen LogP contribution in [0, 0.1) is 11.7 Å². The van der Waals surface area contributed by atoms with E-state index >= 15 is 0 Å². The summed E-state index contributed by atoms with van der Waals surface area (Å²) in [5.74, 6) is 0.256. The van der Waals surface area contributed by atoms with Crippen LogP contribution in [0.1, 0.15) is 18.4 Å². The molecule has 20 heavy (non-hydrogen) atoms. The van der Waals surface area contributed by atoms with E-state index in [1.54, 1.807) is 18.2 Å². The first-order valence-electron chi connectivity index (χ1n) is 7.13. The van der Waals surface area contributed by atoms with Crippen molar-refractivity contribution in [2.45, 2.75) is 31.4 Å². The molecule has 4 nitrogen and oxygen atoms in total. The Bertz CT molecular complexity index is 495. The van der Waals surface area contributed by atoms with E-state index in [9.17, 15) is 9.18 Å². The highest BCUT2D eigenvalue weighted by Crippen LogP contribution is 2.38. The minimum absolute atomic E-state index is 0.170. The number of urea groups is 1. The molecule has 0 bridgehead atoms. The number of rotatable bonds is 4. The molecule has 1 aromatic carbocycles. The molecular weight excluding hydrogens is 259 g/mol. The standard InChI is InChI=1S/C15H19FN2O2/c16-12-4-2-1-3-10(12)5-7-17-15(19)18-13-9-14-11(13)6-8-20-14/h1-4,11,13-14H,5-9H2,(H2,17,18,19)/t11-,13+,14+/m1/s1. The summed E-state index contributed by atoms with van der Waals surface area (Å²) >= 11 is 0. The summed E-state index contributed by atoms with van der Waals surface area (Å²) in [6.45, 7) is 1.24. The number of benzene rings is 1. The van der Waals surface area contributed by atoms with Crippen molar-refractivity contribution >= 4 is 6.03 Å². The molecule has 0 aromatic heterocycles. The summed E-state index contributed by atoms with van der Waals surface area (Å²) in [6.07, 6.45) is 2.79. The second kappa shape index (κ2) is 5.79. The molecule has 2 amide bonds. The van der Waals surface area contributed by atoms with Gasteiger partial charge in [0.05, 0.1) is 6.10 Å². The van der Waals surface area contributed by atoms with Crippen LogP contribution in [0.2, 0.25) is 0 Å². The van der Waals surface area contributed by atoms with Gasteiger partial charge in [-0.25, -0.2) is 9.18 Å². The van der Waals surface area contributed by atoms with Gasteiger partial charge in [-0.2, -0.15) is 0 Å². The van der Waals surface area contributed by atoms with Crippen molar-refractivity contribution < 1.29 is 13.9 Å². The van der Waals surface area contributed by atoms with Crippen molar-refractivity contribution in [3.8, 4) is 0 Å². The summed E-state index contributed by atoms with van der Waals surface area (Å²) in [7, 11) is 0. The lowest BCUT2D eigenvalue weighted by atomic mass is 9.76. The Hall–Kier alpha value is -1.62. The quantitative estimate of drug-likeness (QED) is 0.883. The van der Waals surface area contributed by atoms with Crippen LogP contribution in [0.4, 0.5) is 9.18 Å². The average molecular weight is 278 g/mol. The van der Waals surface area contributed by atoms with Crippen LogP contribution in [0.3, 0.4) is 0 Å². The van der Waals surface area contributed by atoms with Crippen LogP contribution in [0.15, 0.2) is 24.3 Å². The Kier molecular flexibility index (Phi) is 3.87. The molecule has 3 atom stereocenters. The number of hydrogen-bond donors (Lipinski definition) is 2. The van der Waals surface area contributed by atoms with E-state index < -0.39 is 0 Å². The van der Waals surface area contributed by atoms with Crippen molar-refractivity contribution in [3.05, 3.63) is 35.6 Å². The minimum atomic E-state index is -0.223. The molecule has 1 aliphatic heterocycles. The van der Waals surface area contributed by atoms with Crippen LogP contribution in [-0.2, 0) is 11.2 Å². The molecule has 1 saturated carbocycles. The first-order valence-corrected chi connectivity index (χ1v) is 7.13. The molecule has 2 N–H and O–H groups in total. The van der Waals surface area contributed by atoms with Gasteiger partial charge in [-0.3, -0.25) is 0 Å². The maximum atomic E-state index is 13.4. The molecule has 0 spiro atoms. The summed E-state index contributed by atoms with van der Waals surface area (Å²) in [4.78, 5) is 11.8. The van der Waals surface area contributed by atoms with Gasteiger partial charge in [0.15, 0.2) is 0 Å². The van der Waals surface area contributed by atoms with Crippen LogP contribution < -0.4 is 10.6 Å². The number of halogens is 1. The number of nitrogens with one attached hydrogen (secondary N) is 2. The van der Waals surface area contributed by atoms with Gasteiger partial charge in [-0.05, 0) is 30.9 Å². The maximum Gasteiger partial charge on any atom is 0.315 e. The lowest BCUT2D eigenvalue weighted by molar-refractivity contribution is 0.0109. The van der Waals surface area contributed by atoms with E-state index in [1.165, 1.54) is 6.07 Å². The molecule has 1 aromatic rings. The normalized spacial score (nSPS) is 27.6. The first kappa shape index (κ1) is 13.4. The molecule has 3 rings (SSSR count). The van der Waals surface area contributed by atoms with E-state index in [4.69, 9.17) is 4.74 Å². The summed E-state index contributed by atoms with van der Waals surface area (Å²) in [5.41, 5.74) is 0.626. The van der Waals surface area contributed by atoms with Gasteiger partial charge in [-0.1, -0.05) is 18.2 Å². The van der Waals surface area contributed by atoms with Crippen molar-refractivity contribution in [3.63, 3.8) is 0 Å². The Labute approximate surface area is 117 Å². The summed E-state index contributed by atoms with van der Waals surface area (Å²) in [6, 6.07) is 6.70. The van der Waals surface area contributed by atoms with Gasteiger partial charge in [0.1, 0.15) is 5.82 Å². The first-order chi connectivity index (χ1) is 9.74. The lowest BCUT2D eigenvalue weighted by Crippen LogP contribution is -2.55. The van der Waals surface area contributed by atoms with Crippen molar-refractivity contribution in [1.82, 2.24) is 10.6 Å². The molecule has 1 heterocycles. The predicted molar refractivity (Wildman–Crippen MR) is 72.9 cm³/mol. The fourth-order valence-electron chi connectivity index (χ4n) is 2.99. The summed E-state index contributed by atoms with van der Waals surface area (Å²) in [5, 5.41) is 5.74. The minimum Gasteiger partial charge on any atom is -0.378 e. The SMILES string of the molecule is O=C(NCCc1ccccc1F)N[C@H]1C[C@@H]2OCC[C@H]12. The molecule has 2 fully saturated rings. The van der Waals surface area contributed by atoms with Gasteiger partial charge in [-0.15, -0.1) is 0 Å². The fourth-order valence-corrected chi connectivity index (χ4v) is 2.99. The smallest absolute Gasteiger partial charge is 0.315 e. The van der Waals surface area contributed by atoms with E-state index in [0.717, 1.165) is 19.4 Å². The number of ether oxygens (including phenoxy) is 1. The highest BCUT2D eigenvalue weighted by atomic mass is 19.1. The van der Waals surface area contributed by atoms with Crippen molar-refractivity contribution in [2.75, 3.05) is 13.2 Å². The zero-order chi connectivity index (χ0) is 13.9. The zero-order valence-electron chi connectivity index (χ0n) is 11.3. The molecule has 2 aliphatic rings. The largest absolute Gasteiger partial charge is 0.378 e. The number of carbonyl (C=O) groups excluding carboxylic acids is 1. The van der Waals surface area contributed by atoms with Crippen molar-refractivity contribution in [2.24, 2.45) is 5.92 Å². The zero-order valence-corrected chi connectivity index (χ0v) is 11.3. The molecular formula is C15H19FN2O2. The van der Waals surface area contributed by atoms with E-state index in [-0.39, 0.29) is 17.9 Å². The van der Waals surface area contributed by atoms with Gasteiger partial charge < -0.3 is 15.4 Å². The van der Waals surface area contributed by atoms with Gasteiger partial charge in [0.2, 0.25) is 0 Å². The second-order valence-electron chi connectivity index (χ2n) is 5.45. The van der Waals surface area contributed by atoms with Gasteiger partial charge >= 0.3 is 6.03 Å². The third-order valence-corrected chi connectivity index (χ3v) is 4.22. The van der Waals surface area contributed by atoms with E-state index in [2.05, 4.69) is 10.6 Å². The molecule has 0 radical (unpaired) electrons. The highest BCUT2D eigenvalue weighted by molar-refractivity contribution is 5.74. The number of hydrogen-bond acceptors (Lipinski definition) is 2. The second-order valence-corrected chi connectivity index (χ2v) is 5.45. The van der Waals surface area contributed by atoms with Crippen LogP contribution >= 0.6 is 0 Å². The number of amides is 2. The predicted octanol–water partition coefficient (Wildman–Crippen LogP) is 1.84. The molecule has 108 valence electrons. The van der Waals surface area contributed by atoms with Crippen molar-refractivity contribution in [1.29, 1.82) is 0 Å². The fraction of sp³-hybridized carbons (Fsp3) is 0.533. The van der Waals surface area contributed by atoms with Crippen LogP contribution in [0.5, 0.6) is 0 Å². The Morgan fingerprint density at radius 1 is 1.40 bits per heavy atom. The Balaban J connectivity index is 1.38. The van der Waals surface area contributed by atoms with Gasteiger partial charge in [0.25, 0.3) is 0 Å². The number of fused-ring (bicyclic) bond motifs is 1. The monoisotopic (exact) mass is 278 g/mol. The van der Waals surface area contributed by atoms with E-state index in [0.29, 0.717) is 30.6 Å². The molecule has 0 unspecified atom stereocenters. The highest BCUT2D eigenvalue weighted by Gasteiger charge is 2.45. The Morgan fingerprint density at radius 3 is 3.05 bits per heavy atom. The topological polar surface area (TPSA) is 50.4 Å². The lowest BCUT2D eigenvalue weighted by Gasteiger charge is -2.39. The Morgan fingerprint density at radius 2 is 2.25 bits per heavy atom. The number of carbonyl (C=O) groups is 1.